The van der Waals surface area contributed by atoms with Crippen LogP contribution in [0.2, 0.25) is 0 Å². The fourth-order valence-corrected chi connectivity index (χ4v) is 2.32. The molecule has 23 heavy (non-hydrogen) atoms. The summed E-state index contributed by atoms with van der Waals surface area (Å²) < 4.78 is 1.73. The highest BCUT2D eigenvalue weighted by molar-refractivity contribution is 6.04. The zero-order chi connectivity index (χ0) is 16.4. The lowest BCUT2D eigenvalue weighted by Crippen LogP contribution is -2.12. The van der Waals surface area contributed by atoms with Crippen molar-refractivity contribution in [2.45, 2.75) is 20.8 Å². The molecule has 0 radical (unpaired) electrons. The molecule has 3 aromatic rings. The molecule has 0 aliphatic rings. The lowest BCUT2D eigenvalue weighted by molar-refractivity contribution is 0.102. The molecule has 1 amide bonds. The first-order chi connectivity index (χ1) is 11.0. The number of hydrogen-bond donors (Lipinski definition) is 1. The number of hydrogen-bond acceptors (Lipinski definition) is 3. The molecule has 1 N–H and O–H groups in total. The number of aryl methyl sites for hydroxylation is 3. The van der Waals surface area contributed by atoms with Gasteiger partial charge in [0, 0.05) is 11.3 Å². The minimum atomic E-state index is -0.130. The number of benzene rings is 2. The van der Waals surface area contributed by atoms with E-state index in [9.17, 15) is 4.79 Å². The Morgan fingerprint density at radius 1 is 1.00 bits per heavy atom. The normalized spacial score (nSPS) is 10.6. The van der Waals surface area contributed by atoms with Gasteiger partial charge in [-0.2, -0.15) is 0 Å². The highest BCUT2D eigenvalue weighted by atomic mass is 16.1. The minimum Gasteiger partial charge on any atom is -0.322 e. The number of aromatic nitrogens is 3. The van der Waals surface area contributed by atoms with E-state index in [1.807, 2.05) is 51.1 Å². The van der Waals surface area contributed by atoms with Crippen molar-refractivity contribution in [2.24, 2.45) is 0 Å². The van der Waals surface area contributed by atoms with E-state index >= 15 is 0 Å². The molecule has 0 saturated carbocycles. The van der Waals surface area contributed by atoms with Gasteiger partial charge in [-0.15, -0.1) is 5.10 Å². The van der Waals surface area contributed by atoms with Crippen LogP contribution in [0.4, 0.5) is 5.69 Å². The average molecular weight is 306 g/mol. The smallest absolute Gasteiger partial charge is 0.255 e. The van der Waals surface area contributed by atoms with E-state index in [1.165, 1.54) is 5.56 Å². The maximum absolute atomic E-state index is 12.3. The monoisotopic (exact) mass is 306 g/mol. The molecular formula is C18H18N4O. The molecule has 5 nitrogen and oxygen atoms in total. The summed E-state index contributed by atoms with van der Waals surface area (Å²) >= 11 is 0. The molecule has 1 aromatic heterocycles. The Balaban J connectivity index is 1.77. The maximum atomic E-state index is 12.3. The van der Waals surface area contributed by atoms with Crippen molar-refractivity contribution in [1.82, 2.24) is 15.0 Å². The van der Waals surface area contributed by atoms with E-state index in [-0.39, 0.29) is 5.91 Å². The summed E-state index contributed by atoms with van der Waals surface area (Å²) in [6.45, 7) is 6.01. The number of nitrogens with one attached hydrogen (secondary N) is 1. The third-order valence-electron chi connectivity index (χ3n) is 3.86. The van der Waals surface area contributed by atoms with Gasteiger partial charge in [-0.25, -0.2) is 4.68 Å². The highest BCUT2D eigenvalue weighted by Gasteiger charge is 2.08. The van der Waals surface area contributed by atoms with Crippen LogP contribution < -0.4 is 5.32 Å². The molecule has 3 rings (SSSR count). The van der Waals surface area contributed by atoms with Gasteiger partial charge in [-0.05, 0) is 68.3 Å². The Bertz CT molecular complexity index is 850. The van der Waals surface area contributed by atoms with Crippen molar-refractivity contribution in [3.8, 4) is 5.69 Å². The first kappa shape index (κ1) is 15.0. The first-order valence-electron chi connectivity index (χ1n) is 7.41. The van der Waals surface area contributed by atoms with Crippen molar-refractivity contribution in [3.63, 3.8) is 0 Å². The predicted molar refractivity (Wildman–Crippen MR) is 90.0 cm³/mol. The van der Waals surface area contributed by atoms with E-state index in [1.54, 1.807) is 23.0 Å². The van der Waals surface area contributed by atoms with Gasteiger partial charge in [-0.1, -0.05) is 11.3 Å². The molecule has 0 fully saturated rings. The Morgan fingerprint density at radius 2 is 1.74 bits per heavy atom. The molecule has 116 valence electrons. The van der Waals surface area contributed by atoms with Gasteiger partial charge in [0.2, 0.25) is 0 Å². The summed E-state index contributed by atoms with van der Waals surface area (Å²) in [5.41, 5.74) is 5.58. The summed E-state index contributed by atoms with van der Waals surface area (Å²) in [7, 11) is 0. The van der Waals surface area contributed by atoms with Crippen LogP contribution in [0, 0.1) is 20.8 Å². The van der Waals surface area contributed by atoms with E-state index in [4.69, 9.17) is 0 Å². The maximum Gasteiger partial charge on any atom is 0.255 e. The predicted octanol–water partition coefficient (Wildman–Crippen LogP) is 3.44. The number of carbonyl (C=O) groups is 1. The highest BCUT2D eigenvalue weighted by Crippen LogP contribution is 2.16. The number of carbonyl (C=O) groups excluding carboxylic acids is 1. The average Bonchev–Trinajstić information content (AvgIpc) is 2.97. The second-order valence-electron chi connectivity index (χ2n) is 5.59. The number of nitrogens with zero attached hydrogens (tertiary/aromatic N) is 3. The molecular weight excluding hydrogens is 288 g/mol. The quantitative estimate of drug-likeness (QED) is 0.806. The van der Waals surface area contributed by atoms with E-state index in [0.717, 1.165) is 22.6 Å². The number of anilines is 1. The van der Waals surface area contributed by atoms with E-state index < -0.39 is 0 Å². The van der Waals surface area contributed by atoms with Crippen LogP contribution in [0.25, 0.3) is 5.69 Å². The van der Waals surface area contributed by atoms with Crippen molar-refractivity contribution in [1.29, 1.82) is 0 Å². The Labute approximate surface area is 135 Å². The second kappa shape index (κ2) is 6.04. The van der Waals surface area contributed by atoms with Crippen LogP contribution in [-0.2, 0) is 0 Å². The Kier molecular flexibility index (Phi) is 3.93. The second-order valence-corrected chi connectivity index (χ2v) is 5.59. The summed E-state index contributed by atoms with van der Waals surface area (Å²) in [6, 6.07) is 13.2. The van der Waals surface area contributed by atoms with Crippen molar-refractivity contribution in [2.75, 3.05) is 5.32 Å². The van der Waals surface area contributed by atoms with Gasteiger partial charge >= 0.3 is 0 Å². The molecule has 0 atom stereocenters. The molecule has 0 unspecified atom stereocenters. The fourth-order valence-electron chi connectivity index (χ4n) is 2.32. The minimum absolute atomic E-state index is 0.130. The SMILES string of the molecule is Cc1ccc(NC(=O)c2ccc(-n3nncc3C)cc2)cc1C. The molecule has 0 aliphatic carbocycles. The lowest BCUT2D eigenvalue weighted by Gasteiger charge is -2.08. The van der Waals surface area contributed by atoms with Crippen LogP contribution >= 0.6 is 0 Å². The Morgan fingerprint density at radius 3 is 2.35 bits per heavy atom. The molecule has 5 heteroatoms. The topological polar surface area (TPSA) is 59.8 Å². The summed E-state index contributed by atoms with van der Waals surface area (Å²) in [5, 5.41) is 10.8. The Hall–Kier alpha value is -2.95. The fraction of sp³-hybridized carbons (Fsp3) is 0.167. The van der Waals surface area contributed by atoms with Crippen LogP contribution in [0.1, 0.15) is 27.2 Å². The van der Waals surface area contributed by atoms with Gasteiger partial charge in [0.05, 0.1) is 17.6 Å². The lowest BCUT2D eigenvalue weighted by atomic mass is 10.1. The van der Waals surface area contributed by atoms with Crippen LogP contribution in [0.5, 0.6) is 0 Å². The van der Waals surface area contributed by atoms with Gasteiger partial charge in [0.25, 0.3) is 5.91 Å². The van der Waals surface area contributed by atoms with Gasteiger partial charge in [0.1, 0.15) is 0 Å². The molecule has 0 saturated heterocycles. The molecule has 0 bridgehead atoms. The first-order valence-corrected chi connectivity index (χ1v) is 7.41. The molecule has 1 heterocycles. The van der Waals surface area contributed by atoms with Gasteiger partial charge in [0.15, 0.2) is 0 Å². The largest absolute Gasteiger partial charge is 0.322 e. The molecule has 0 spiro atoms. The third-order valence-corrected chi connectivity index (χ3v) is 3.86. The van der Waals surface area contributed by atoms with E-state index in [2.05, 4.69) is 15.6 Å². The number of rotatable bonds is 3. The van der Waals surface area contributed by atoms with Crippen molar-refractivity contribution in [3.05, 3.63) is 71.0 Å². The summed E-state index contributed by atoms with van der Waals surface area (Å²) in [6.07, 6.45) is 1.69. The summed E-state index contributed by atoms with van der Waals surface area (Å²) in [5.74, 6) is -0.130. The van der Waals surface area contributed by atoms with Crippen LogP contribution in [-0.4, -0.2) is 20.9 Å². The molecule has 0 aliphatic heterocycles. The zero-order valence-electron chi connectivity index (χ0n) is 13.4. The van der Waals surface area contributed by atoms with Crippen LogP contribution in [0.3, 0.4) is 0 Å². The molecule has 2 aromatic carbocycles. The van der Waals surface area contributed by atoms with Crippen molar-refractivity contribution >= 4 is 11.6 Å². The van der Waals surface area contributed by atoms with Crippen molar-refractivity contribution < 1.29 is 4.79 Å². The number of amides is 1. The van der Waals surface area contributed by atoms with Gasteiger partial charge in [-0.3, -0.25) is 4.79 Å². The standard InChI is InChI=1S/C18H18N4O/c1-12-4-7-16(10-13(12)2)20-18(23)15-5-8-17(9-6-15)22-14(3)11-19-21-22/h4-11H,1-3H3,(H,20,23). The third kappa shape index (κ3) is 3.13. The zero-order valence-corrected chi connectivity index (χ0v) is 13.4. The summed E-state index contributed by atoms with van der Waals surface area (Å²) in [4.78, 5) is 12.3. The van der Waals surface area contributed by atoms with Gasteiger partial charge < -0.3 is 5.32 Å². The van der Waals surface area contributed by atoms with E-state index in [0.29, 0.717) is 5.56 Å². The van der Waals surface area contributed by atoms with Crippen LogP contribution in [0.15, 0.2) is 48.7 Å².